The molecule has 170 valence electrons. The molecule has 0 amide bonds. The summed E-state index contributed by atoms with van der Waals surface area (Å²) in [6.45, 7) is 16.7. The Balaban J connectivity index is 2.28. The average molecular weight is 438 g/mol. The Morgan fingerprint density at radius 1 is 0.697 bits per heavy atom. The van der Waals surface area contributed by atoms with Crippen LogP contribution < -0.4 is 16.4 Å². The summed E-state index contributed by atoms with van der Waals surface area (Å²) in [5.41, 5.74) is 13.3. The maximum absolute atomic E-state index is 12.3. The standard InChI is InChI=1S/C30H35BO2/c1-18-14-20(3)29(21(4)15-18)31(30-22(5)16-19(2)17-23(30)6)27-12-10-26(11-13-27)28(24(7)32)25(8)33-9/h10-17H,1-9H3/b28-25+. The summed E-state index contributed by atoms with van der Waals surface area (Å²) >= 11 is 0. The molecule has 0 atom stereocenters. The molecule has 0 saturated heterocycles. The molecule has 3 aromatic rings. The number of hydrogen-bond donors (Lipinski definition) is 0. The van der Waals surface area contributed by atoms with E-state index in [1.54, 1.807) is 14.0 Å². The van der Waals surface area contributed by atoms with Crippen LogP contribution in [0.2, 0.25) is 0 Å². The van der Waals surface area contributed by atoms with E-state index >= 15 is 0 Å². The van der Waals surface area contributed by atoms with Gasteiger partial charge in [0.05, 0.1) is 12.7 Å². The number of ether oxygens (including phenoxy) is 1. The summed E-state index contributed by atoms with van der Waals surface area (Å²) in [7, 11) is 1.61. The fourth-order valence-electron chi connectivity index (χ4n) is 5.37. The third-order valence-corrected chi connectivity index (χ3v) is 6.60. The van der Waals surface area contributed by atoms with Crippen molar-refractivity contribution < 1.29 is 9.53 Å². The number of ketones is 1. The van der Waals surface area contributed by atoms with Gasteiger partial charge in [0.15, 0.2) is 5.78 Å². The van der Waals surface area contributed by atoms with Crippen LogP contribution in [-0.4, -0.2) is 19.6 Å². The Morgan fingerprint density at radius 2 is 1.09 bits per heavy atom. The van der Waals surface area contributed by atoms with E-state index in [-0.39, 0.29) is 12.5 Å². The number of hydrogen-bond acceptors (Lipinski definition) is 2. The van der Waals surface area contributed by atoms with Gasteiger partial charge in [-0.2, -0.15) is 0 Å². The molecule has 0 bridgehead atoms. The van der Waals surface area contributed by atoms with Gasteiger partial charge in [0.2, 0.25) is 6.71 Å². The average Bonchev–Trinajstić information content (AvgIpc) is 2.71. The topological polar surface area (TPSA) is 26.3 Å². The van der Waals surface area contributed by atoms with Gasteiger partial charge in [0, 0.05) is 0 Å². The zero-order chi connectivity index (χ0) is 24.4. The van der Waals surface area contributed by atoms with Crippen molar-refractivity contribution in [2.75, 3.05) is 7.11 Å². The molecule has 0 saturated carbocycles. The van der Waals surface area contributed by atoms with Crippen molar-refractivity contribution >= 4 is 34.5 Å². The second-order valence-corrected chi connectivity index (χ2v) is 9.37. The molecule has 0 spiro atoms. The van der Waals surface area contributed by atoms with E-state index in [4.69, 9.17) is 4.74 Å². The molecular formula is C30H35BO2. The highest BCUT2D eigenvalue weighted by Crippen LogP contribution is 2.20. The number of rotatable bonds is 6. The summed E-state index contributed by atoms with van der Waals surface area (Å²) < 4.78 is 5.39. The Kier molecular flexibility index (Phi) is 7.32. The molecular weight excluding hydrogens is 403 g/mol. The van der Waals surface area contributed by atoms with Gasteiger partial charge in [-0.05, 0) is 61.0 Å². The van der Waals surface area contributed by atoms with Gasteiger partial charge in [0.25, 0.3) is 0 Å². The van der Waals surface area contributed by atoms with Crippen LogP contribution in [-0.2, 0) is 9.53 Å². The van der Waals surface area contributed by atoms with Gasteiger partial charge in [-0.25, -0.2) is 0 Å². The predicted octanol–water partition coefficient (Wildman–Crippen LogP) is 5.02. The molecule has 2 nitrogen and oxygen atoms in total. The lowest BCUT2D eigenvalue weighted by Gasteiger charge is -2.25. The minimum atomic E-state index is 0.00842. The quantitative estimate of drug-likeness (QED) is 0.307. The van der Waals surface area contributed by atoms with Crippen LogP contribution >= 0.6 is 0 Å². The first kappa shape index (κ1) is 24.6. The molecule has 0 unspecified atom stereocenters. The van der Waals surface area contributed by atoms with Crippen molar-refractivity contribution in [1.82, 2.24) is 0 Å². The van der Waals surface area contributed by atoms with E-state index in [0.29, 0.717) is 11.3 Å². The molecule has 0 fully saturated rings. The molecule has 0 radical (unpaired) electrons. The van der Waals surface area contributed by atoms with Crippen molar-refractivity contribution in [1.29, 1.82) is 0 Å². The molecule has 0 aliphatic heterocycles. The zero-order valence-corrected chi connectivity index (χ0v) is 21.5. The fraction of sp³-hybridized carbons (Fsp3) is 0.300. The number of benzene rings is 3. The minimum absolute atomic E-state index is 0.00842. The highest BCUT2D eigenvalue weighted by molar-refractivity contribution is 6.96. The van der Waals surface area contributed by atoms with Crippen molar-refractivity contribution in [2.24, 2.45) is 0 Å². The molecule has 0 heterocycles. The van der Waals surface area contributed by atoms with Crippen molar-refractivity contribution in [2.45, 2.75) is 55.4 Å². The minimum Gasteiger partial charge on any atom is -0.501 e. The van der Waals surface area contributed by atoms with E-state index in [9.17, 15) is 4.79 Å². The molecule has 0 aliphatic carbocycles. The number of methoxy groups -OCH3 is 1. The highest BCUT2D eigenvalue weighted by atomic mass is 16.5. The van der Waals surface area contributed by atoms with Crippen LogP contribution in [0.3, 0.4) is 0 Å². The van der Waals surface area contributed by atoms with Gasteiger partial charge in [0.1, 0.15) is 5.76 Å². The highest BCUT2D eigenvalue weighted by Gasteiger charge is 2.28. The first-order valence-corrected chi connectivity index (χ1v) is 11.6. The van der Waals surface area contributed by atoms with Crippen LogP contribution in [0.15, 0.2) is 54.3 Å². The summed E-state index contributed by atoms with van der Waals surface area (Å²) in [6.07, 6.45) is 0. The maximum Gasteiger partial charge on any atom is 0.242 e. The maximum atomic E-state index is 12.3. The van der Waals surface area contributed by atoms with Gasteiger partial charge in [-0.1, -0.05) is 98.3 Å². The van der Waals surface area contributed by atoms with Crippen LogP contribution in [0.4, 0.5) is 0 Å². The lowest BCUT2D eigenvalue weighted by Crippen LogP contribution is -2.55. The number of carbonyl (C=O) groups is 1. The second-order valence-electron chi connectivity index (χ2n) is 9.37. The number of Topliss-reactive ketones (excluding diaryl/α,β-unsaturated/α-hetero) is 1. The molecule has 0 aliphatic rings. The van der Waals surface area contributed by atoms with Crippen LogP contribution in [0, 0.1) is 41.5 Å². The third-order valence-electron chi connectivity index (χ3n) is 6.60. The lowest BCUT2D eigenvalue weighted by molar-refractivity contribution is -0.111. The molecule has 0 N–H and O–H groups in total. The van der Waals surface area contributed by atoms with E-state index in [1.165, 1.54) is 49.8 Å². The Labute approximate surface area is 199 Å². The summed E-state index contributed by atoms with van der Waals surface area (Å²) in [5.74, 6) is 0.649. The predicted molar refractivity (Wildman–Crippen MR) is 143 cm³/mol. The van der Waals surface area contributed by atoms with E-state index in [2.05, 4.69) is 90.1 Å². The largest absolute Gasteiger partial charge is 0.501 e. The van der Waals surface area contributed by atoms with E-state index < -0.39 is 0 Å². The molecule has 33 heavy (non-hydrogen) atoms. The summed E-state index contributed by atoms with van der Waals surface area (Å²) in [5, 5.41) is 0. The smallest absolute Gasteiger partial charge is 0.242 e. The summed E-state index contributed by atoms with van der Waals surface area (Å²) in [6, 6.07) is 17.6. The SMILES string of the molecule is CO/C(C)=C(\C(C)=O)c1ccc(B(c2c(C)cc(C)cc2C)c2c(C)cc(C)cc2C)cc1. The Bertz CT molecular complexity index is 1130. The third kappa shape index (κ3) is 4.98. The monoisotopic (exact) mass is 438 g/mol. The van der Waals surface area contributed by atoms with E-state index in [1.807, 2.05) is 6.92 Å². The van der Waals surface area contributed by atoms with Crippen LogP contribution in [0.1, 0.15) is 52.8 Å². The van der Waals surface area contributed by atoms with Crippen LogP contribution in [0.5, 0.6) is 0 Å². The fourth-order valence-corrected chi connectivity index (χ4v) is 5.37. The molecule has 0 aromatic heterocycles. The zero-order valence-electron chi connectivity index (χ0n) is 21.5. The first-order chi connectivity index (χ1) is 15.5. The second kappa shape index (κ2) is 9.83. The van der Waals surface area contributed by atoms with Gasteiger partial charge >= 0.3 is 0 Å². The van der Waals surface area contributed by atoms with E-state index in [0.717, 1.165) is 5.56 Å². The van der Waals surface area contributed by atoms with Crippen LogP contribution in [0.25, 0.3) is 5.57 Å². The van der Waals surface area contributed by atoms with Gasteiger partial charge in [-0.15, -0.1) is 0 Å². The first-order valence-electron chi connectivity index (χ1n) is 11.6. The van der Waals surface area contributed by atoms with Crippen molar-refractivity contribution in [3.05, 3.63) is 93.2 Å². The lowest BCUT2D eigenvalue weighted by atomic mass is 9.34. The van der Waals surface area contributed by atoms with Gasteiger partial charge in [-0.3, -0.25) is 4.79 Å². The Morgan fingerprint density at radius 3 is 1.42 bits per heavy atom. The molecule has 3 aromatic carbocycles. The Hall–Kier alpha value is -3.07. The normalized spacial score (nSPS) is 11.8. The van der Waals surface area contributed by atoms with Gasteiger partial charge < -0.3 is 4.74 Å². The number of aryl methyl sites for hydroxylation is 6. The summed E-state index contributed by atoms with van der Waals surface area (Å²) in [4.78, 5) is 12.3. The number of carbonyl (C=O) groups excluding carboxylic acids is 1. The van der Waals surface area contributed by atoms with Crippen molar-refractivity contribution in [3.8, 4) is 0 Å². The van der Waals surface area contributed by atoms with Crippen molar-refractivity contribution in [3.63, 3.8) is 0 Å². The number of allylic oxidation sites excluding steroid dienone is 2. The molecule has 3 rings (SSSR count). The molecule has 3 heteroatoms.